The van der Waals surface area contributed by atoms with Crippen LogP contribution in [0.2, 0.25) is 5.02 Å². The van der Waals surface area contributed by atoms with Crippen molar-refractivity contribution in [2.45, 2.75) is 18.5 Å². The van der Waals surface area contributed by atoms with Gasteiger partial charge in [0.15, 0.2) is 0 Å². The first kappa shape index (κ1) is 28.2. The van der Waals surface area contributed by atoms with E-state index in [1.165, 1.54) is 11.1 Å². The van der Waals surface area contributed by atoms with E-state index in [0.29, 0.717) is 18.1 Å². The molecule has 1 unspecified atom stereocenters. The number of rotatable bonds is 8. The fourth-order valence-corrected chi connectivity index (χ4v) is 6.50. The van der Waals surface area contributed by atoms with Crippen molar-refractivity contribution in [3.8, 4) is 0 Å². The summed E-state index contributed by atoms with van der Waals surface area (Å²) in [6.45, 7) is 3.75. The van der Waals surface area contributed by atoms with Crippen molar-refractivity contribution >= 4 is 28.4 Å². The Balaban J connectivity index is 1.54. The van der Waals surface area contributed by atoms with Gasteiger partial charge >= 0.3 is 0 Å². The molecule has 0 bridgehead atoms. The molecule has 1 N–H and O–H groups in total. The molecule has 1 aliphatic heterocycles. The maximum absolute atomic E-state index is 14.7. The molecule has 42 heavy (non-hydrogen) atoms. The number of nitrogens with zero attached hydrogens (tertiary/aromatic N) is 3. The van der Waals surface area contributed by atoms with E-state index in [-0.39, 0.29) is 17.9 Å². The van der Waals surface area contributed by atoms with Gasteiger partial charge in [0.05, 0.1) is 6.04 Å². The molecule has 2 heterocycles. The highest BCUT2D eigenvalue weighted by Gasteiger charge is 2.32. The molecular weight excluding hydrogens is 540 g/mol. The first-order valence-corrected chi connectivity index (χ1v) is 15.0. The molecular formula is C36H37ClN4O. The van der Waals surface area contributed by atoms with Gasteiger partial charge in [-0.1, -0.05) is 96.5 Å². The van der Waals surface area contributed by atoms with Crippen LogP contribution in [0.4, 0.5) is 0 Å². The molecule has 0 aliphatic carbocycles. The smallest absolute Gasteiger partial charge is 0.255 e. The topological polar surface area (TPSA) is 40.5 Å². The number of nitrogens with one attached hydrogen (secondary N) is 1. The molecule has 5 nitrogen and oxygen atoms in total. The fourth-order valence-electron chi connectivity index (χ4n) is 6.24. The number of aromatic nitrogens is 1. The zero-order valence-electron chi connectivity index (χ0n) is 24.2. The predicted molar refractivity (Wildman–Crippen MR) is 172 cm³/mol. The second-order valence-electron chi connectivity index (χ2n) is 11.3. The van der Waals surface area contributed by atoms with Crippen LogP contribution in [-0.4, -0.2) is 60.5 Å². The van der Waals surface area contributed by atoms with E-state index in [1.54, 1.807) is 0 Å². The molecule has 1 amide bonds. The van der Waals surface area contributed by atoms with Crippen molar-refractivity contribution < 1.29 is 4.79 Å². The Morgan fingerprint density at radius 3 is 2.24 bits per heavy atom. The van der Waals surface area contributed by atoms with Crippen molar-refractivity contribution in [2.24, 2.45) is 0 Å². The largest absolute Gasteiger partial charge is 0.346 e. The summed E-state index contributed by atoms with van der Waals surface area (Å²) in [6.07, 6.45) is 2.28. The van der Waals surface area contributed by atoms with Gasteiger partial charge in [0.25, 0.3) is 5.91 Å². The van der Waals surface area contributed by atoms with Gasteiger partial charge in [0.2, 0.25) is 0 Å². The highest BCUT2D eigenvalue weighted by atomic mass is 35.5. The first-order valence-electron chi connectivity index (χ1n) is 14.7. The molecule has 214 valence electrons. The normalized spacial score (nSPS) is 15.5. The number of carbonyl (C=O) groups excluding carboxylic acids is 1. The van der Waals surface area contributed by atoms with Gasteiger partial charge in [-0.05, 0) is 54.5 Å². The molecule has 5 aromatic rings. The maximum Gasteiger partial charge on any atom is 0.255 e. The predicted octanol–water partition coefficient (Wildman–Crippen LogP) is 6.82. The van der Waals surface area contributed by atoms with Gasteiger partial charge in [-0.15, -0.1) is 0 Å². The van der Waals surface area contributed by atoms with Crippen LogP contribution in [0.3, 0.4) is 0 Å². The number of benzene rings is 4. The molecule has 1 saturated heterocycles. The minimum atomic E-state index is -0.145. The van der Waals surface area contributed by atoms with Crippen molar-refractivity contribution in [1.29, 1.82) is 0 Å². The van der Waals surface area contributed by atoms with E-state index < -0.39 is 0 Å². The second-order valence-corrected chi connectivity index (χ2v) is 11.7. The van der Waals surface area contributed by atoms with Crippen molar-refractivity contribution in [2.75, 3.05) is 40.3 Å². The van der Waals surface area contributed by atoms with Crippen LogP contribution in [-0.2, 0) is 6.54 Å². The van der Waals surface area contributed by atoms with Crippen molar-refractivity contribution in [3.63, 3.8) is 0 Å². The van der Waals surface area contributed by atoms with Crippen LogP contribution in [0.1, 0.15) is 44.6 Å². The summed E-state index contributed by atoms with van der Waals surface area (Å²) >= 11 is 6.66. The number of carbonyl (C=O) groups is 1. The Kier molecular flexibility index (Phi) is 8.43. The Labute approximate surface area is 253 Å². The molecule has 1 fully saturated rings. The Bertz CT molecular complexity index is 1620. The molecule has 6 heteroatoms. The van der Waals surface area contributed by atoms with Gasteiger partial charge in [-0.3, -0.25) is 4.79 Å². The van der Waals surface area contributed by atoms with Gasteiger partial charge in [0, 0.05) is 66.3 Å². The third-order valence-electron chi connectivity index (χ3n) is 8.30. The summed E-state index contributed by atoms with van der Waals surface area (Å²) in [7, 11) is 4.19. The van der Waals surface area contributed by atoms with Gasteiger partial charge in [-0.25, -0.2) is 0 Å². The summed E-state index contributed by atoms with van der Waals surface area (Å²) in [5, 5.41) is 5.19. The summed E-state index contributed by atoms with van der Waals surface area (Å²) in [4.78, 5) is 18.9. The Morgan fingerprint density at radius 1 is 0.905 bits per heavy atom. The van der Waals surface area contributed by atoms with E-state index in [1.807, 2.05) is 41.3 Å². The van der Waals surface area contributed by atoms with E-state index >= 15 is 0 Å². The molecule has 0 spiro atoms. The number of hydrogen-bond acceptors (Lipinski definition) is 3. The maximum atomic E-state index is 14.7. The minimum absolute atomic E-state index is 0.0214. The summed E-state index contributed by atoms with van der Waals surface area (Å²) in [5.41, 5.74) is 6.35. The lowest BCUT2D eigenvalue weighted by Crippen LogP contribution is -2.48. The van der Waals surface area contributed by atoms with Crippen LogP contribution in [0.15, 0.2) is 109 Å². The summed E-state index contributed by atoms with van der Waals surface area (Å²) in [5.74, 6) is 0.0188. The summed E-state index contributed by atoms with van der Waals surface area (Å²) in [6, 6.07) is 35.2. The van der Waals surface area contributed by atoms with Gasteiger partial charge in [-0.2, -0.15) is 0 Å². The minimum Gasteiger partial charge on any atom is -0.346 e. The number of hydrogen-bond donors (Lipinski definition) is 1. The number of piperazine rings is 1. The van der Waals surface area contributed by atoms with Crippen LogP contribution < -0.4 is 5.32 Å². The molecule has 0 saturated carbocycles. The van der Waals surface area contributed by atoms with Crippen LogP contribution >= 0.6 is 11.6 Å². The highest BCUT2D eigenvalue weighted by molar-refractivity contribution is 6.31. The van der Waals surface area contributed by atoms with Gasteiger partial charge in [0.1, 0.15) is 0 Å². The van der Waals surface area contributed by atoms with Gasteiger partial charge < -0.3 is 19.7 Å². The number of fused-ring (bicyclic) bond motifs is 1. The molecule has 0 radical (unpaired) electrons. The third-order valence-corrected chi connectivity index (χ3v) is 8.64. The Morgan fingerprint density at radius 2 is 1.57 bits per heavy atom. The lowest BCUT2D eigenvalue weighted by molar-refractivity contribution is 0.0636. The van der Waals surface area contributed by atoms with Crippen molar-refractivity contribution in [1.82, 2.24) is 19.7 Å². The average molecular weight is 577 g/mol. The SMILES string of the molecule is CN(C)CCn1cc(C(c2ccccc2)c2ccccc2)c2c(C(=O)N3CCNCC3c3ccccc3Cl)cccc21. The molecule has 1 atom stereocenters. The molecule has 1 aliphatic rings. The third kappa shape index (κ3) is 5.60. The quantitative estimate of drug-likeness (QED) is 0.220. The zero-order valence-corrected chi connectivity index (χ0v) is 25.0. The van der Waals surface area contributed by atoms with Crippen LogP contribution in [0.5, 0.6) is 0 Å². The number of halogens is 1. The number of amides is 1. The standard InChI is InChI=1S/C36H37ClN4O/c1-39(2)22-23-40-25-30(34(26-12-5-3-6-13-26)27-14-7-4-8-15-27)35-29(17-11-19-32(35)40)36(42)41-21-20-38-24-33(41)28-16-9-10-18-31(28)37/h3-19,25,33-34,38H,20-24H2,1-2H3. The first-order chi connectivity index (χ1) is 20.5. The zero-order chi connectivity index (χ0) is 29.1. The lowest BCUT2D eigenvalue weighted by Gasteiger charge is -2.37. The summed E-state index contributed by atoms with van der Waals surface area (Å²) < 4.78 is 2.32. The molecule has 4 aromatic carbocycles. The number of likely N-dealkylation sites (N-methyl/N-ethyl adjacent to an activating group) is 1. The lowest BCUT2D eigenvalue weighted by atomic mass is 9.84. The average Bonchev–Trinajstić information content (AvgIpc) is 3.39. The molecule has 6 rings (SSSR count). The van der Waals surface area contributed by atoms with E-state index in [0.717, 1.165) is 47.2 Å². The Hall–Kier alpha value is -3.90. The second kappa shape index (κ2) is 12.5. The van der Waals surface area contributed by atoms with Crippen LogP contribution in [0.25, 0.3) is 10.9 Å². The van der Waals surface area contributed by atoms with Crippen LogP contribution in [0, 0.1) is 0 Å². The monoisotopic (exact) mass is 576 g/mol. The van der Waals surface area contributed by atoms with E-state index in [2.05, 4.69) is 102 Å². The fraction of sp³-hybridized carbons (Fsp3) is 0.250. The highest BCUT2D eigenvalue weighted by Crippen LogP contribution is 2.40. The molecule has 1 aromatic heterocycles. The van der Waals surface area contributed by atoms with Crippen molar-refractivity contribution in [3.05, 3.63) is 142 Å². The van der Waals surface area contributed by atoms with E-state index in [4.69, 9.17) is 11.6 Å². The van der Waals surface area contributed by atoms with E-state index in [9.17, 15) is 4.79 Å².